The lowest BCUT2D eigenvalue weighted by molar-refractivity contribution is -0.122. The molecule has 5 nitrogen and oxygen atoms in total. The van der Waals surface area contributed by atoms with Crippen LogP contribution in [0, 0.1) is 0 Å². The van der Waals surface area contributed by atoms with Crippen LogP contribution in [0.3, 0.4) is 0 Å². The number of likely N-dealkylation sites (tertiary alicyclic amines) is 1. The van der Waals surface area contributed by atoms with Crippen molar-refractivity contribution in [3.8, 4) is 11.5 Å². The number of nitrogens with zero attached hydrogens (tertiary/aromatic N) is 1. The number of ether oxygens (including phenoxy) is 2. The second-order valence-corrected chi connectivity index (χ2v) is 5.86. The maximum Gasteiger partial charge on any atom is 0.223 e. The highest BCUT2D eigenvalue weighted by molar-refractivity contribution is 5.76. The van der Waals surface area contributed by atoms with Gasteiger partial charge in [-0.15, -0.1) is 0 Å². The first-order chi connectivity index (χ1) is 11.1. The van der Waals surface area contributed by atoms with Crippen LogP contribution in [0.5, 0.6) is 11.5 Å². The predicted molar refractivity (Wildman–Crippen MR) is 90.7 cm³/mol. The van der Waals surface area contributed by atoms with Crippen LogP contribution >= 0.6 is 0 Å². The standard InChI is InChI=1S/C18H26N2O3/c1-14(13-20-11-4-5-15(20)2)19-18(21)10-12-23-17-8-6-16(22-3)7-9-17/h6-9,14H,2,4-5,10-13H2,1,3H3,(H,19,21)/t14-/m0/s1. The SMILES string of the molecule is C=C1CCCN1C[C@H](C)NC(=O)CCOc1ccc(OC)cc1. The van der Waals surface area contributed by atoms with E-state index in [1.165, 1.54) is 5.70 Å². The molecule has 0 unspecified atom stereocenters. The Morgan fingerprint density at radius 3 is 2.65 bits per heavy atom. The molecular formula is C18H26N2O3. The Morgan fingerprint density at radius 1 is 1.35 bits per heavy atom. The molecule has 0 aliphatic carbocycles. The summed E-state index contributed by atoms with van der Waals surface area (Å²) in [6, 6.07) is 7.44. The molecule has 1 saturated heterocycles. The Morgan fingerprint density at radius 2 is 2.04 bits per heavy atom. The monoisotopic (exact) mass is 318 g/mol. The molecule has 1 aliphatic rings. The summed E-state index contributed by atoms with van der Waals surface area (Å²) >= 11 is 0. The number of nitrogens with one attached hydrogen (secondary N) is 1. The van der Waals surface area contributed by atoms with Crippen molar-refractivity contribution >= 4 is 5.91 Å². The molecule has 1 aliphatic heterocycles. The average molecular weight is 318 g/mol. The van der Waals surface area contributed by atoms with E-state index in [4.69, 9.17) is 9.47 Å². The smallest absolute Gasteiger partial charge is 0.223 e. The van der Waals surface area contributed by atoms with Crippen LogP contribution in [0.4, 0.5) is 0 Å². The number of rotatable bonds is 8. The third-order valence-corrected chi connectivity index (χ3v) is 3.90. The summed E-state index contributed by atoms with van der Waals surface area (Å²) in [6.07, 6.45) is 2.57. The molecule has 0 aromatic heterocycles. The predicted octanol–water partition coefficient (Wildman–Crippen LogP) is 2.58. The number of hydrogen-bond acceptors (Lipinski definition) is 4. The molecule has 5 heteroatoms. The van der Waals surface area contributed by atoms with E-state index in [2.05, 4.69) is 16.8 Å². The van der Waals surface area contributed by atoms with Gasteiger partial charge in [0.05, 0.1) is 20.1 Å². The summed E-state index contributed by atoms with van der Waals surface area (Å²) < 4.78 is 10.7. The second-order valence-electron chi connectivity index (χ2n) is 5.86. The fourth-order valence-corrected chi connectivity index (χ4v) is 2.67. The number of allylic oxidation sites excluding steroid dienone is 1. The summed E-state index contributed by atoms with van der Waals surface area (Å²) in [7, 11) is 1.62. The summed E-state index contributed by atoms with van der Waals surface area (Å²) in [6.45, 7) is 8.30. The van der Waals surface area contributed by atoms with E-state index in [-0.39, 0.29) is 11.9 Å². The maximum absolute atomic E-state index is 11.9. The van der Waals surface area contributed by atoms with Crippen LogP contribution in [0.25, 0.3) is 0 Å². The van der Waals surface area contributed by atoms with Crippen molar-refractivity contribution in [1.82, 2.24) is 10.2 Å². The maximum atomic E-state index is 11.9. The van der Waals surface area contributed by atoms with Crippen molar-refractivity contribution in [3.63, 3.8) is 0 Å². The van der Waals surface area contributed by atoms with E-state index in [9.17, 15) is 4.79 Å². The van der Waals surface area contributed by atoms with Crippen molar-refractivity contribution in [2.75, 3.05) is 26.8 Å². The molecule has 0 bridgehead atoms. The third kappa shape index (κ3) is 5.51. The fourth-order valence-electron chi connectivity index (χ4n) is 2.67. The van der Waals surface area contributed by atoms with Crippen LogP contribution < -0.4 is 14.8 Å². The minimum Gasteiger partial charge on any atom is -0.497 e. The highest BCUT2D eigenvalue weighted by atomic mass is 16.5. The molecule has 1 amide bonds. The van der Waals surface area contributed by atoms with Gasteiger partial charge in [0.1, 0.15) is 11.5 Å². The van der Waals surface area contributed by atoms with Crippen LogP contribution in [-0.2, 0) is 4.79 Å². The quantitative estimate of drug-likeness (QED) is 0.800. The topological polar surface area (TPSA) is 50.8 Å². The molecule has 2 rings (SSSR count). The highest BCUT2D eigenvalue weighted by Crippen LogP contribution is 2.19. The lowest BCUT2D eigenvalue weighted by Gasteiger charge is -2.24. The number of amides is 1. The van der Waals surface area contributed by atoms with Gasteiger partial charge in [-0.05, 0) is 44.0 Å². The third-order valence-electron chi connectivity index (χ3n) is 3.90. The van der Waals surface area contributed by atoms with E-state index in [0.29, 0.717) is 13.0 Å². The zero-order chi connectivity index (χ0) is 16.7. The minimum atomic E-state index is 0.0100. The zero-order valence-corrected chi connectivity index (χ0v) is 14.0. The van der Waals surface area contributed by atoms with Gasteiger partial charge in [0, 0.05) is 24.8 Å². The summed E-state index contributed by atoms with van der Waals surface area (Å²) in [5.74, 6) is 1.53. The summed E-state index contributed by atoms with van der Waals surface area (Å²) in [5, 5.41) is 3.01. The molecule has 0 spiro atoms. The number of carbonyl (C=O) groups excluding carboxylic acids is 1. The molecule has 0 saturated carbocycles. The number of methoxy groups -OCH3 is 1. The molecule has 23 heavy (non-hydrogen) atoms. The van der Waals surface area contributed by atoms with Crippen molar-refractivity contribution in [2.45, 2.75) is 32.2 Å². The first-order valence-electron chi connectivity index (χ1n) is 8.07. The number of hydrogen-bond donors (Lipinski definition) is 1. The van der Waals surface area contributed by atoms with Gasteiger partial charge < -0.3 is 19.7 Å². The Hall–Kier alpha value is -2.17. The summed E-state index contributed by atoms with van der Waals surface area (Å²) in [5.41, 5.74) is 1.17. The van der Waals surface area contributed by atoms with Crippen LogP contribution in [-0.4, -0.2) is 43.7 Å². The zero-order valence-electron chi connectivity index (χ0n) is 14.0. The first kappa shape index (κ1) is 17.2. The van der Waals surface area contributed by atoms with Crippen LogP contribution in [0.2, 0.25) is 0 Å². The lowest BCUT2D eigenvalue weighted by Crippen LogP contribution is -2.40. The van der Waals surface area contributed by atoms with E-state index in [1.807, 2.05) is 31.2 Å². The normalized spacial score (nSPS) is 15.4. The Labute approximate surface area is 138 Å². The van der Waals surface area contributed by atoms with Gasteiger partial charge in [-0.1, -0.05) is 6.58 Å². The first-order valence-corrected chi connectivity index (χ1v) is 8.07. The van der Waals surface area contributed by atoms with Crippen molar-refractivity contribution in [1.29, 1.82) is 0 Å². The molecule has 1 fully saturated rings. The van der Waals surface area contributed by atoms with Gasteiger partial charge in [0.15, 0.2) is 0 Å². The molecule has 0 radical (unpaired) electrons. The Kier molecular flexibility index (Phi) is 6.32. The van der Waals surface area contributed by atoms with Gasteiger partial charge in [-0.2, -0.15) is 0 Å². The van der Waals surface area contributed by atoms with E-state index >= 15 is 0 Å². The molecule has 1 heterocycles. The largest absolute Gasteiger partial charge is 0.497 e. The van der Waals surface area contributed by atoms with Gasteiger partial charge in [0.25, 0.3) is 0 Å². The minimum absolute atomic E-state index is 0.0100. The van der Waals surface area contributed by atoms with Gasteiger partial charge in [0.2, 0.25) is 5.91 Å². The van der Waals surface area contributed by atoms with Crippen molar-refractivity contribution < 1.29 is 14.3 Å². The van der Waals surface area contributed by atoms with Crippen molar-refractivity contribution in [3.05, 3.63) is 36.5 Å². The van der Waals surface area contributed by atoms with Gasteiger partial charge in [-0.3, -0.25) is 4.79 Å². The van der Waals surface area contributed by atoms with E-state index < -0.39 is 0 Å². The number of benzene rings is 1. The van der Waals surface area contributed by atoms with Gasteiger partial charge >= 0.3 is 0 Å². The second kappa shape index (κ2) is 8.46. The number of carbonyl (C=O) groups is 1. The van der Waals surface area contributed by atoms with Crippen LogP contribution in [0.1, 0.15) is 26.2 Å². The fraction of sp³-hybridized carbons (Fsp3) is 0.500. The summed E-state index contributed by atoms with van der Waals surface area (Å²) in [4.78, 5) is 14.2. The molecule has 1 N–H and O–H groups in total. The Bertz CT molecular complexity index is 528. The van der Waals surface area contributed by atoms with Crippen LogP contribution in [0.15, 0.2) is 36.5 Å². The molecule has 1 aromatic carbocycles. The Balaban J connectivity index is 1.64. The molecule has 1 atom stereocenters. The van der Waals surface area contributed by atoms with E-state index in [1.54, 1.807) is 7.11 Å². The van der Waals surface area contributed by atoms with E-state index in [0.717, 1.165) is 37.4 Å². The average Bonchev–Trinajstić information content (AvgIpc) is 2.93. The lowest BCUT2D eigenvalue weighted by atomic mass is 10.3. The van der Waals surface area contributed by atoms with Crippen molar-refractivity contribution in [2.24, 2.45) is 0 Å². The molecular weight excluding hydrogens is 292 g/mol. The molecule has 126 valence electrons. The van der Waals surface area contributed by atoms with Gasteiger partial charge in [-0.25, -0.2) is 0 Å². The molecule has 1 aromatic rings. The highest BCUT2D eigenvalue weighted by Gasteiger charge is 2.18.